The van der Waals surface area contributed by atoms with Gasteiger partial charge in [-0.2, -0.15) is 0 Å². The van der Waals surface area contributed by atoms with Crippen molar-refractivity contribution in [2.75, 3.05) is 26.2 Å². The van der Waals surface area contributed by atoms with Gasteiger partial charge in [0.25, 0.3) is 0 Å². The molecule has 0 fully saturated rings. The number of aryl methyl sites for hydroxylation is 1. The van der Waals surface area contributed by atoms with Crippen LogP contribution in [0, 0.1) is 0 Å². The van der Waals surface area contributed by atoms with Crippen molar-refractivity contribution in [1.82, 2.24) is 14.8 Å². The van der Waals surface area contributed by atoms with Crippen molar-refractivity contribution in [3.05, 3.63) is 18.7 Å². The summed E-state index contributed by atoms with van der Waals surface area (Å²) in [5, 5.41) is 3.93. The zero-order valence-electron chi connectivity index (χ0n) is 14.5. The zero-order valence-corrected chi connectivity index (χ0v) is 15.3. The first-order valence-electron chi connectivity index (χ1n) is 8.26. The molecule has 0 spiro atoms. The van der Waals surface area contributed by atoms with Crippen molar-refractivity contribution < 1.29 is 14.1 Å². The second kappa shape index (κ2) is 11.0. The first-order chi connectivity index (χ1) is 11.1. The normalized spacial score (nSPS) is 10.4. The molecule has 7 heteroatoms. The monoisotopic (exact) mass is 341 g/mol. The van der Waals surface area contributed by atoms with Gasteiger partial charge >= 0.3 is 5.97 Å². The van der Waals surface area contributed by atoms with Crippen LogP contribution in [0.5, 0.6) is 0 Å². The van der Waals surface area contributed by atoms with Gasteiger partial charge in [-0.25, -0.2) is 9.13 Å². The molecule has 0 radical (unpaired) electrons. The van der Waals surface area contributed by atoms with Gasteiger partial charge in [0.1, 0.15) is 25.5 Å². The minimum Gasteiger partial charge on any atom is -0.461 e. The lowest BCUT2D eigenvalue weighted by Gasteiger charge is -2.25. The number of carbonyl (C=O) groups excluding carboxylic acids is 1. The number of carbonyl (C=O) groups is 1. The molecule has 0 aromatic carbocycles. The van der Waals surface area contributed by atoms with Crippen molar-refractivity contribution in [2.45, 2.75) is 39.7 Å². The number of hydrogen-bond donors (Lipinski definition) is 1. The Morgan fingerprint density at radius 3 is 2.74 bits per heavy atom. The lowest BCUT2D eigenvalue weighted by molar-refractivity contribution is -0.671. The largest absolute Gasteiger partial charge is 0.461 e. The van der Waals surface area contributed by atoms with Crippen molar-refractivity contribution >= 4 is 23.3 Å². The summed E-state index contributed by atoms with van der Waals surface area (Å²) in [6.07, 6.45) is 8.23. The molecule has 1 aromatic rings. The summed E-state index contributed by atoms with van der Waals surface area (Å²) >= 11 is 5.37. The van der Waals surface area contributed by atoms with E-state index in [0.29, 0.717) is 26.1 Å². The average Bonchev–Trinajstić information content (AvgIpc) is 2.94. The van der Waals surface area contributed by atoms with E-state index in [0.717, 1.165) is 31.0 Å². The highest BCUT2D eigenvalue weighted by Gasteiger charge is 2.12. The van der Waals surface area contributed by atoms with E-state index >= 15 is 0 Å². The highest BCUT2D eigenvalue weighted by atomic mass is 32.1. The molecule has 23 heavy (non-hydrogen) atoms. The molecular formula is C16H29N4O2S+. The Morgan fingerprint density at radius 1 is 1.35 bits per heavy atom. The second-order valence-electron chi connectivity index (χ2n) is 5.51. The third-order valence-corrected chi connectivity index (χ3v) is 3.73. The van der Waals surface area contributed by atoms with E-state index in [1.54, 1.807) is 0 Å². The van der Waals surface area contributed by atoms with Crippen LogP contribution < -0.4 is 9.88 Å². The van der Waals surface area contributed by atoms with Gasteiger partial charge in [0.05, 0.1) is 13.5 Å². The predicted octanol–water partition coefficient (Wildman–Crippen LogP) is 1.24. The van der Waals surface area contributed by atoms with E-state index in [4.69, 9.17) is 17.0 Å². The van der Waals surface area contributed by atoms with Crippen molar-refractivity contribution in [3.8, 4) is 0 Å². The number of ether oxygens (including phenoxy) is 1. The minimum absolute atomic E-state index is 0.180. The molecule has 1 N–H and O–H groups in total. The maximum atomic E-state index is 11.9. The van der Waals surface area contributed by atoms with Gasteiger partial charge < -0.3 is 15.0 Å². The highest BCUT2D eigenvalue weighted by molar-refractivity contribution is 7.80. The van der Waals surface area contributed by atoms with Gasteiger partial charge in [-0.1, -0.05) is 13.8 Å². The molecule has 0 saturated carbocycles. The molecule has 0 bridgehead atoms. The second-order valence-corrected chi connectivity index (χ2v) is 5.89. The molecule has 0 atom stereocenters. The van der Waals surface area contributed by atoms with Crippen LogP contribution in [-0.4, -0.2) is 46.8 Å². The Morgan fingerprint density at radius 2 is 2.13 bits per heavy atom. The predicted molar refractivity (Wildman–Crippen MR) is 93.9 cm³/mol. The summed E-state index contributed by atoms with van der Waals surface area (Å²) in [4.78, 5) is 13.9. The third kappa shape index (κ3) is 7.97. The molecule has 0 aliphatic rings. The van der Waals surface area contributed by atoms with E-state index in [1.165, 1.54) is 0 Å². The summed E-state index contributed by atoms with van der Waals surface area (Å²) < 4.78 is 9.22. The molecule has 1 rings (SSSR count). The third-order valence-electron chi connectivity index (χ3n) is 3.33. The van der Waals surface area contributed by atoms with Crippen LogP contribution in [0.1, 0.15) is 33.1 Å². The van der Waals surface area contributed by atoms with Crippen LogP contribution in [-0.2, 0) is 23.1 Å². The fourth-order valence-corrected chi connectivity index (χ4v) is 2.41. The lowest BCUT2D eigenvalue weighted by Crippen LogP contribution is -2.41. The van der Waals surface area contributed by atoms with E-state index in [1.807, 2.05) is 39.8 Å². The Hall–Kier alpha value is -1.63. The average molecular weight is 342 g/mol. The summed E-state index contributed by atoms with van der Waals surface area (Å²) in [7, 11) is 1.96. The number of nitrogens with zero attached hydrogens (tertiary/aromatic N) is 3. The van der Waals surface area contributed by atoms with E-state index in [9.17, 15) is 4.79 Å². The van der Waals surface area contributed by atoms with Crippen molar-refractivity contribution in [1.29, 1.82) is 0 Å². The van der Waals surface area contributed by atoms with Gasteiger partial charge in [0.2, 0.25) is 6.33 Å². The lowest BCUT2D eigenvalue weighted by atomic mass is 10.3. The van der Waals surface area contributed by atoms with Gasteiger partial charge in [0.15, 0.2) is 5.11 Å². The van der Waals surface area contributed by atoms with Gasteiger partial charge in [-0.05, 0) is 25.1 Å². The van der Waals surface area contributed by atoms with Gasteiger partial charge in [0, 0.05) is 19.6 Å². The minimum atomic E-state index is -0.180. The van der Waals surface area contributed by atoms with E-state index in [-0.39, 0.29) is 5.97 Å². The first kappa shape index (κ1) is 19.4. The number of hydrogen-bond acceptors (Lipinski definition) is 3. The smallest absolute Gasteiger partial charge is 0.307 e. The van der Waals surface area contributed by atoms with E-state index in [2.05, 4.69) is 19.2 Å². The molecule has 130 valence electrons. The fraction of sp³-hybridized carbons (Fsp3) is 0.688. The fourth-order valence-electron chi connectivity index (χ4n) is 2.13. The number of rotatable bonds is 10. The number of thiocarbonyl (C=S) groups is 1. The Labute approximate surface area is 144 Å². The van der Waals surface area contributed by atoms with Crippen LogP contribution in [0.15, 0.2) is 18.7 Å². The van der Waals surface area contributed by atoms with Crippen molar-refractivity contribution in [3.63, 3.8) is 0 Å². The van der Waals surface area contributed by atoms with E-state index < -0.39 is 0 Å². The van der Waals surface area contributed by atoms with Crippen LogP contribution in [0.3, 0.4) is 0 Å². The quantitative estimate of drug-likeness (QED) is 0.394. The number of nitrogens with one attached hydrogen (secondary N) is 1. The van der Waals surface area contributed by atoms with Gasteiger partial charge in [-0.3, -0.25) is 4.79 Å². The van der Waals surface area contributed by atoms with Crippen molar-refractivity contribution in [2.24, 2.45) is 7.05 Å². The molecule has 0 saturated heterocycles. The maximum absolute atomic E-state index is 11.9. The van der Waals surface area contributed by atoms with Crippen LogP contribution in [0.4, 0.5) is 0 Å². The molecule has 1 aromatic heterocycles. The first-order valence-corrected chi connectivity index (χ1v) is 8.67. The number of aromatic nitrogens is 2. The molecule has 0 unspecified atom stereocenters. The summed E-state index contributed by atoms with van der Waals surface area (Å²) in [6.45, 7) is 7.56. The molecule has 1 heterocycles. The summed E-state index contributed by atoms with van der Waals surface area (Å²) in [5.41, 5.74) is 0. The zero-order chi connectivity index (χ0) is 17.1. The summed E-state index contributed by atoms with van der Waals surface area (Å²) in [5.74, 6) is -0.180. The SMILES string of the molecule is CCCNC(=S)N(CCC)CCC(=O)OCCn1cc[n+](C)c1. The standard InChI is InChI=1S/C16H28N4O2S/c1-4-7-17-16(23)20(8-5-2)9-6-15(21)22-13-12-19-11-10-18(3)14-19/h10-11,14H,4-9,12-13H2,1-3H3/p+1. The Bertz CT molecular complexity index is 490. The summed E-state index contributed by atoms with van der Waals surface area (Å²) in [6, 6.07) is 0. The Balaban J connectivity index is 2.26. The molecule has 0 amide bonds. The van der Waals surface area contributed by atoms with Crippen LogP contribution >= 0.6 is 12.2 Å². The van der Waals surface area contributed by atoms with Gasteiger partial charge in [-0.15, -0.1) is 0 Å². The number of imidazole rings is 1. The number of esters is 1. The molecule has 0 aliphatic carbocycles. The molecular weight excluding hydrogens is 312 g/mol. The van der Waals surface area contributed by atoms with Crippen LogP contribution in [0.2, 0.25) is 0 Å². The molecule has 6 nitrogen and oxygen atoms in total. The highest BCUT2D eigenvalue weighted by Crippen LogP contribution is 1.98. The Kier molecular flexibility index (Phi) is 9.28. The molecule has 0 aliphatic heterocycles. The maximum Gasteiger partial charge on any atom is 0.307 e. The van der Waals surface area contributed by atoms with Crippen LogP contribution in [0.25, 0.3) is 0 Å². The topological polar surface area (TPSA) is 50.4 Å².